The summed E-state index contributed by atoms with van der Waals surface area (Å²) in [5.74, 6) is 0.284. The Hall–Kier alpha value is -0.830. The first-order valence-electron chi connectivity index (χ1n) is 5.79. The average molecular weight is 209 g/mol. The van der Waals surface area contributed by atoms with Crippen LogP contribution in [0.4, 0.5) is 0 Å². The van der Waals surface area contributed by atoms with Crippen LogP contribution in [-0.2, 0) is 4.79 Å². The molecule has 2 fully saturated rings. The van der Waals surface area contributed by atoms with Crippen molar-refractivity contribution in [2.45, 2.75) is 37.7 Å². The summed E-state index contributed by atoms with van der Waals surface area (Å²) in [5.41, 5.74) is -0.490. The number of piperidine rings is 1. The summed E-state index contributed by atoms with van der Waals surface area (Å²) in [6, 6.07) is 0. The van der Waals surface area contributed by atoms with Crippen LogP contribution in [0.15, 0.2) is 12.7 Å². The van der Waals surface area contributed by atoms with E-state index in [4.69, 9.17) is 0 Å². The molecule has 2 rings (SSSR count). The first-order chi connectivity index (χ1) is 7.15. The highest BCUT2D eigenvalue weighted by Crippen LogP contribution is 2.39. The quantitative estimate of drug-likeness (QED) is 0.662. The van der Waals surface area contributed by atoms with E-state index in [2.05, 4.69) is 6.58 Å². The van der Waals surface area contributed by atoms with Crippen molar-refractivity contribution in [2.24, 2.45) is 5.92 Å². The number of hydrogen-bond acceptors (Lipinski definition) is 2. The topological polar surface area (TPSA) is 40.5 Å². The van der Waals surface area contributed by atoms with Gasteiger partial charge in [-0.15, -0.1) is 0 Å². The molecule has 1 aliphatic carbocycles. The maximum atomic E-state index is 11.5. The smallest absolute Gasteiger partial charge is 0.245 e. The number of nitrogens with zero attached hydrogens (tertiary/aromatic N) is 1. The Balaban J connectivity index is 2.04. The van der Waals surface area contributed by atoms with Gasteiger partial charge >= 0.3 is 0 Å². The molecule has 1 amide bonds. The van der Waals surface area contributed by atoms with Gasteiger partial charge < -0.3 is 10.0 Å². The van der Waals surface area contributed by atoms with Crippen LogP contribution in [0.25, 0.3) is 0 Å². The van der Waals surface area contributed by atoms with Gasteiger partial charge in [0.05, 0.1) is 5.60 Å². The fourth-order valence-electron chi connectivity index (χ4n) is 2.90. The predicted octanol–water partition coefficient (Wildman–Crippen LogP) is 1.33. The lowest BCUT2D eigenvalue weighted by atomic mass is 9.71. The monoisotopic (exact) mass is 209 g/mol. The fraction of sp³-hybridized carbons (Fsp3) is 0.750. The van der Waals surface area contributed by atoms with Crippen molar-refractivity contribution in [2.75, 3.05) is 13.1 Å². The number of carbonyl (C=O) groups excluding carboxylic acids is 1. The maximum Gasteiger partial charge on any atom is 0.245 e. The third-order valence-corrected chi connectivity index (χ3v) is 3.91. The van der Waals surface area contributed by atoms with Gasteiger partial charge in [0.25, 0.3) is 0 Å². The summed E-state index contributed by atoms with van der Waals surface area (Å²) >= 11 is 0. The van der Waals surface area contributed by atoms with Gasteiger partial charge in [-0.3, -0.25) is 4.79 Å². The molecular weight excluding hydrogens is 190 g/mol. The van der Waals surface area contributed by atoms with Crippen molar-refractivity contribution in [1.29, 1.82) is 0 Å². The Morgan fingerprint density at radius 3 is 3.00 bits per heavy atom. The molecule has 0 radical (unpaired) electrons. The van der Waals surface area contributed by atoms with E-state index in [-0.39, 0.29) is 11.8 Å². The maximum absolute atomic E-state index is 11.5. The third-order valence-electron chi connectivity index (χ3n) is 3.91. The zero-order valence-electron chi connectivity index (χ0n) is 9.11. The second-order valence-electron chi connectivity index (χ2n) is 4.78. The SMILES string of the molecule is C=CC(=O)N1CCC2(O)CCCCC2C1. The number of aliphatic hydroxyl groups is 1. The molecule has 3 heteroatoms. The summed E-state index contributed by atoms with van der Waals surface area (Å²) in [4.78, 5) is 13.3. The average Bonchev–Trinajstić information content (AvgIpc) is 2.26. The number of rotatable bonds is 1. The Bertz CT molecular complexity index is 277. The van der Waals surface area contributed by atoms with Crippen molar-refractivity contribution >= 4 is 5.91 Å². The molecule has 2 aliphatic rings. The van der Waals surface area contributed by atoms with E-state index >= 15 is 0 Å². The predicted molar refractivity (Wildman–Crippen MR) is 58.3 cm³/mol. The van der Waals surface area contributed by atoms with Crippen molar-refractivity contribution < 1.29 is 9.90 Å². The van der Waals surface area contributed by atoms with Crippen LogP contribution < -0.4 is 0 Å². The zero-order chi connectivity index (χ0) is 10.9. The third kappa shape index (κ3) is 1.93. The Morgan fingerprint density at radius 2 is 2.27 bits per heavy atom. The molecule has 1 heterocycles. The van der Waals surface area contributed by atoms with Gasteiger partial charge in [0.1, 0.15) is 0 Å². The van der Waals surface area contributed by atoms with Gasteiger partial charge in [0.2, 0.25) is 5.91 Å². The van der Waals surface area contributed by atoms with Crippen LogP contribution in [0.2, 0.25) is 0 Å². The lowest BCUT2D eigenvalue weighted by Crippen LogP contribution is -2.54. The van der Waals surface area contributed by atoms with E-state index in [0.29, 0.717) is 13.1 Å². The summed E-state index contributed by atoms with van der Waals surface area (Å²) < 4.78 is 0. The van der Waals surface area contributed by atoms with Crippen molar-refractivity contribution in [3.05, 3.63) is 12.7 Å². The van der Waals surface area contributed by atoms with E-state index < -0.39 is 5.60 Å². The van der Waals surface area contributed by atoms with Crippen molar-refractivity contribution in [3.8, 4) is 0 Å². The molecule has 0 spiro atoms. The van der Waals surface area contributed by atoms with Crippen LogP contribution in [-0.4, -0.2) is 34.6 Å². The Morgan fingerprint density at radius 1 is 1.47 bits per heavy atom. The molecule has 1 N–H and O–H groups in total. The molecule has 1 aliphatic heterocycles. The first kappa shape index (κ1) is 10.7. The number of fused-ring (bicyclic) bond motifs is 1. The lowest BCUT2D eigenvalue weighted by Gasteiger charge is -2.47. The summed E-state index contributed by atoms with van der Waals surface area (Å²) in [6.45, 7) is 4.89. The largest absolute Gasteiger partial charge is 0.389 e. The van der Waals surface area contributed by atoms with E-state index in [1.807, 2.05) is 4.90 Å². The molecule has 15 heavy (non-hydrogen) atoms. The van der Waals surface area contributed by atoms with Crippen LogP contribution >= 0.6 is 0 Å². The highest BCUT2D eigenvalue weighted by Gasteiger charge is 2.43. The van der Waals surface area contributed by atoms with E-state index in [0.717, 1.165) is 25.7 Å². The van der Waals surface area contributed by atoms with Gasteiger partial charge in [-0.2, -0.15) is 0 Å². The standard InChI is InChI=1S/C12H19NO2/c1-2-11(14)13-8-7-12(15)6-4-3-5-10(12)9-13/h2,10,15H,1,3-9H2. The molecular formula is C12H19NO2. The van der Waals surface area contributed by atoms with Crippen molar-refractivity contribution in [3.63, 3.8) is 0 Å². The second-order valence-corrected chi connectivity index (χ2v) is 4.78. The second kappa shape index (κ2) is 3.97. The Labute approximate surface area is 90.8 Å². The van der Waals surface area contributed by atoms with Crippen LogP contribution in [0.1, 0.15) is 32.1 Å². The summed E-state index contributed by atoms with van der Waals surface area (Å²) in [7, 11) is 0. The molecule has 0 bridgehead atoms. The Kier molecular flexibility index (Phi) is 2.83. The normalized spacial score (nSPS) is 35.8. The molecule has 0 aromatic heterocycles. The van der Waals surface area contributed by atoms with Crippen LogP contribution in [0, 0.1) is 5.92 Å². The first-order valence-corrected chi connectivity index (χ1v) is 5.79. The molecule has 2 unspecified atom stereocenters. The molecule has 3 nitrogen and oxygen atoms in total. The molecule has 1 saturated heterocycles. The highest BCUT2D eigenvalue weighted by atomic mass is 16.3. The van der Waals surface area contributed by atoms with Gasteiger partial charge in [-0.05, 0) is 25.3 Å². The fourth-order valence-corrected chi connectivity index (χ4v) is 2.90. The minimum absolute atomic E-state index is 0.00243. The molecule has 84 valence electrons. The number of likely N-dealkylation sites (tertiary alicyclic amines) is 1. The number of hydrogen-bond donors (Lipinski definition) is 1. The van der Waals surface area contributed by atoms with Gasteiger partial charge in [0, 0.05) is 19.0 Å². The van der Waals surface area contributed by atoms with Gasteiger partial charge in [0.15, 0.2) is 0 Å². The zero-order valence-corrected chi connectivity index (χ0v) is 9.11. The molecule has 2 atom stereocenters. The van der Waals surface area contributed by atoms with E-state index in [1.165, 1.54) is 12.5 Å². The van der Waals surface area contributed by atoms with Crippen LogP contribution in [0.5, 0.6) is 0 Å². The lowest BCUT2D eigenvalue weighted by molar-refractivity contribution is -0.138. The van der Waals surface area contributed by atoms with E-state index in [1.54, 1.807) is 0 Å². The minimum Gasteiger partial charge on any atom is -0.389 e. The summed E-state index contributed by atoms with van der Waals surface area (Å²) in [5, 5.41) is 10.4. The van der Waals surface area contributed by atoms with Gasteiger partial charge in [-0.25, -0.2) is 0 Å². The minimum atomic E-state index is -0.490. The van der Waals surface area contributed by atoms with Crippen LogP contribution in [0.3, 0.4) is 0 Å². The van der Waals surface area contributed by atoms with E-state index in [9.17, 15) is 9.90 Å². The highest BCUT2D eigenvalue weighted by molar-refractivity contribution is 5.87. The molecule has 0 aromatic carbocycles. The number of amides is 1. The van der Waals surface area contributed by atoms with Crippen molar-refractivity contribution in [1.82, 2.24) is 4.90 Å². The number of carbonyl (C=O) groups is 1. The molecule has 1 saturated carbocycles. The van der Waals surface area contributed by atoms with Gasteiger partial charge in [-0.1, -0.05) is 19.4 Å². The summed E-state index contributed by atoms with van der Waals surface area (Å²) in [6.07, 6.45) is 6.38. The molecule has 0 aromatic rings.